The van der Waals surface area contributed by atoms with Gasteiger partial charge in [0.25, 0.3) is 5.91 Å². The van der Waals surface area contributed by atoms with Crippen molar-refractivity contribution in [1.82, 2.24) is 0 Å². The molecule has 0 aliphatic carbocycles. The smallest absolute Gasteiger partial charge is 0.265 e. The number of halogens is 1. The number of carbonyl (C=O) groups excluding carboxylic acids is 1. The predicted octanol–water partition coefficient (Wildman–Crippen LogP) is 4.14. The van der Waals surface area contributed by atoms with Crippen molar-refractivity contribution in [3.05, 3.63) is 50.1 Å². The van der Waals surface area contributed by atoms with Gasteiger partial charge in [-0.2, -0.15) is 5.26 Å². The second-order valence-corrected chi connectivity index (χ2v) is 6.42. The lowest BCUT2D eigenvalue weighted by molar-refractivity contribution is 0.103. The third-order valence-electron chi connectivity index (χ3n) is 2.58. The summed E-state index contributed by atoms with van der Waals surface area (Å²) in [6, 6.07) is 11.2. The Kier molecular flexibility index (Phi) is 4.35. The topological polar surface area (TPSA) is 52.9 Å². The Morgan fingerprint density at radius 3 is 2.63 bits per heavy atom. The van der Waals surface area contributed by atoms with Crippen molar-refractivity contribution in [2.75, 3.05) is 5.32 Å². The molecular weight excluding hydrogens is 324 g/mol. The molecule has 1 amide bonds. The van der Waals surface area contributed by atoms with Crippen LogP contribution < -0.4 is 5.32 Å². The molecule has 1 aromatic carbocycles. The van der Waals surface area contributed by atoms with Crippen LogP contribution in [0.2, 0.25) is 0 Å². The van der Waals surface area contributed by atoms with Gasteiger partial charge in [-0.1, -0.05) is 12.1 Å². The Labute approximate surface area is 124 Å². The Balaban J connectivity index is 2.08. The molecular formula is C14H11BrN2OS. The first-order chi connectivity index (χ1) is 9.10. The first-order valence-corrected chi connectivity index (χ1v) is 7.24. The van der Waals surface area contributed by atoms with Gasteiger partial charge in [0.15, 0.2) is 0 Å². The van der Waals surface area contributed by atoms with Crippen LogP contribution in [-0.4, -0.2) is 5.91 Å². The van der Waals surface area contributed by atoms with Crippen molar-refractivity contribution in [2.24, 2.45) is 0 Å². The summed E-state index contributed by atoms with van der Waals surface area (Å²) in [6.45, 7) is 1.95. The molecule has 2 rings (SSSR count). The number of nitrogens with zero attached hydrogens (tertiary/aromatic N) is 1. The molecule has 1 N–H and O–H groups in total. The predicted molar refractivity (Wildman–Crippen MR) is 80.5 cm³/mol. The number of carbonyl (C=O) groups is 1. The fourth-order valence-corrected chi connectivity index (χ4v) is 2.99. The highest BCUT2D eigenvalue weighted by atomic mass is 79.9. The second-order valence-electron chi connectivity index (χ2n) is 4.05. The summed E-state index contributed by atoms with van der Waals surface area (Å²) in [5, 5.41) is 11.4. The van der Waals surface area contributed by atoms with Crippen LogP contribution in [0.4, 0.5) is 5.69 Å². The molecule has 0 spiro atoms. The van der Waals surface area contributed by atoms with Crippen molar-refractivity contribution in [2.45, 2.75) is 13.3 Å². The van der Waals surface area contributed by atoms with Crippen LogP contribution in [0, 0.1) is 18.3 Å². The molecule has 1 aromatic heterocycles. The van der Waals surface area contributed by atoms with E-state index in [1.807, 2.05) is 25.1 Å². The largest absolute Gasteiger partial charge is 0.321 e. The van der Waals surface area contributed by atoms with E-state index in [2.05, 4.69) is 27.3 Å². The number of nitriles is 1. The van der Waals surface area contributed by atoms with Crippen molar-refractivity contribution in [1.29, 1.82) is 5.26 Å². The Bertz CT molecular complexity index is 621. The maximum Gasteiger partial charge on any atom is 0.265 e. The molecule has 0 saturated carbocycles. The Hall–Kier alpha value is -1.64. The molecule has 0 aliphatic heterocycles. The van der Waals surface area contributed by atoms with Crippen LogP contribution >= 0.6 is 27.3 Å². The van der Waals surface area contributed by atoms with Gasteiger partial charge in [0.2, 0.25) is 0 Å². The summed E-state index contributed by atoms with van der Waals surface area (Å²) in [6.07, 6.45) is 0.380. The zero-order chi connectivity index (χ0) is 13.8. The molecule has 0 fully saturated rings. The summed E-state index contributed by atoms with van der Waals surface area (Å²) >= 11 is 4.82. The number of hydrogen-bond donors (Lipinski definition) is 1. The standard InChI is InChI=1S/C14H11BrN2OS/c1-9-8-12(19-13(9)15)14(18)17-11-4-2-10(3-5-11)6-7-16/h2-5,8H,6H2,1H3,(H,17,18). The molecule has 96 valence electrons. The number of hydrogen-bond acceptors (Lipinski definition) is 3. The van der Waals surface area contributed by atoms with Crippen molar-refractivity contribution in [3.63, 3.8) is 0 Å². The highest BCUT2D eigenvalue weighted by Crippen LogP contribution is 2.27. The van der Waals surface area contributed by atoms with Gasteiger partial charge in [0, 0.05) is 5.69 Å². The van der Waals surface area contributed by atoms with Crippen LogP contribution in [0.3, 0.4) is 0 Å². The van der Waals surface area contributed by atoms with E-state index in [1.165, 1.54) is 11.3 Å². The molecule has 0 atom stereocenters. The van der Waals surface area contributed by atoms with Crippen LogP contribution in [0.1, 0.15) is 20.8 Å². The maximum absolute atomic E-state index is 12.0. The minimum absolute atomic E-state index is 0.119. The van der Waals surface area contributed by atoms with E-state index in [0.29, 0.717) is 11.3 Å². The first-order valence-electron chi connectivity index (χ1n) is 5.63. The third-order valence-corrected chi connectivity index (χ3v) is 4.71. The fraction of sp³-hybridized carbons (Fsp3) is 0.143. The van der Waals surface area contributed by atoms with Gasteiger partial charge < -0.3 is 5.32 Å². The average molecular weight is 335 g/mol. The molecule has 0 unspecified atom stereocenters. The van der Waals surface area contributed by atoms with E-state index in [1.54, 1.807) is 12.1 Å². The molecule has 0 aliphatic rings. The Morgan fingerprint density at radius 1 is 1.42 bits per heavy atom. The highest BCUT2D eigenvalue weighted by Gasteiger charge is 2.11. The van der Waals surface area contributed by atoms with Crippen LogP contribution in [0.15, 0.2) is 34.1 Å². The van der Waals surface area contributed by atoms with Crippen LogP contribution in [0.25, 0.3) is 0 Å². The van der Waals surface area contributed by atoms with Crippen molar-refractivity contribution < 1.29 is 4.79 Å². The number of thiophene rings is 1. The highest BCUT2D eigenvalue weighted by molar-refractivity contribution is 9.11. The lowest BCUT2D eigenvalue weighted by atomic mass is 10.1. The van der Waals surface area contributed by atoms with E-state index in [0.717, 1.165) is 20.6 Å². The zero-order valence-corrected chi connectivity index (χ0v) is 12.6. The molecule has 3 nitrogen and oxygen atoms in total. The Morgan fingerprint density at radius 2 is 2.11 bits per heavy atom. The van der Waals surface area contributed by atoms with Crippen LogP contribution in [-0.2, 0) is 6.42 Å². The van der Waals surface area contributed by atoms with E-state index in [-0.39, 0.29) is 5.91 Å². The normalized spacial score (nSPS) is 9.95. The molecule has 2 aromatic rings. The van der Waals surface area contributed by atoms with Gasteiger partial charge in [-0.05, 0) is 52.2 Å². The molecule has 0 saturated heterocycles. The molecule has 1 heterocycles. The average Bonchev–Trinajstić information content (AvgIpc) is 2.72. The van der Waals surface area contributed by atoms with Crippen LogP contribution in [0.5, 0.6) is 0 Å². The third kappa shape index (κ3) is 3.43. The minimum Gasteiger partial charge on any atom is -0.321 e. The molecule has 5 heteroatoms. The zero-order valence-electron chi connectivity index (χ0n) is 10.2. The number of amides is 1. The van der Waals surface area contributed by atoms with Gasteiger partial charge in [0.05, 0.1) is 21.2 Å². The van der Waals surface area contributed by atoms with Gasteiger partial charge in [-0.25, -0.2) is 0 Å². The van der Waals surface area contributed by atoms with Gasteiger partial charge >= 0.3 is 0 Å². The van der Waals surface area contributed by atoms with E-state index in [4.69, 9.17) is 5.26 Å². The van der Waals surface area contributed by atoms with E-state index < -0.39 is 0 Å². The summed E-state index contributed by atoms with van der Waals surface area (Å²) < 4.78 is 0.974. The maximum atomic E-state index is 12.0. The number of benzene rings is 1. The fourth-order valence-electron chi connectivity index (χ4n) is 1.56. The number of anilines is 1. The van der Waals surface area contributed by atoms with Gasteiger partial charge in [-0.3, -0.25) is 4.79 Å². The lowest BCUT2D eigenvalue weighted by Gasteiger charge is -2.04. The minimum atomic E-state index is -0.119. The summed E-state index contributed by atoms with van der Waals surface area (Å²) in [7, 11) is 0. The summed E-state index contributed by atoms with van der Waals surface area (Å²) in [5.74, 6) is -0.119. The number of rotatable bonds is 3. The summed E-state index contributed by atoms with van der Waals surface area (Å²) in [5.41, 5.74) is 2.73. The van der Waals surface area contributed by atoms with Gasteiger partial charge in [-0.15, -0.1) is 11.3 Å². The second kappa shape index (κ2) is 6.00. The van der Waals surface area contributed by atoms with Crippen molar-refractivity contribution in [3.8, 4) is 6.07 Å². The lowest BCUT2D eigenvalue weighted by Crippen LogP contribution is -2.09. The van der Waals surface area contributed by atoms with Gasteiger partial charge in [0.1, 0.15) is 0 Å². The summed E-state index contributed by atoms with van der Waals surface area (Å²) in [4.78, 5) is 12.7. The van der Waals surface area contributed by atoms with E-state index in [9.17, 15) is 4.79 Å². The first kappa shape index (κ1) is 13.8. The molecule has 0 radical (unpaired) electrons. The van der Waals surface area contributed by atoms with E-state index >= 15 is 0 Å². The molecule has 19 heavy (non-hydrogen) atoms. The monoisotopic (exact) mass is 334 g/mol. The SMILES string of the molecule is Cc1cc(C(=O)Nc2ccc(CC#N)cc2)sc1Br. The van der Waals surface area contributed by atoms with Crippen molar-refractivity contribution >= 4 is 38.9 Å². The number of aryl methyl sites for hydroxylation is 1. The quantitative estimate of drug-likeness (QED) is 0.917. The molecule has 0 bridgehead atoms. The number of nitrogens with one attached hydrogen (secondary N) is 1.